The van der Waals surface area contributed by atoms with E-state index in [2.05, 4.69) is 20.9 Å². The molecule has 3 N–H and O–H groups in total. The van der Waals surface area contributed by atoms with E-state index in [0.717, 1.165) is 11.6 Å². The van der Waals surface area contributed by atoms with Gasteiger partial charge in [0.1, 0.15) is 23.2 Å². The minimum absolute atomic E-state index is 0.00659. The second kappa shape index (κ2) is 12.3. The van der Waals surface area contributed by atoms with E-state index in [9.17, 15) is 18.0 Å². The van der Waals surface area contributed by atoms with Crippen LogP contribution in [0.3, 0.4) is 0 Å². The van der Waals surface area contributed by atoms with Crippen molar-refractivity contribution in [1.82, 2.24) is 15.6 Å². The van der Waals surface area contributed by atoms with Gasteiger partial charge in [0.05, 0.1) is 18.4 Å². The number of carbonyl (C=O) groups excluding carboxylic acids is 1. The number of hydrogen-bond acceptors (Lipinski definition) is 6. The summed E-state index contributed by atoms with van der Waals surface area (Å²) in [5.41, 5.74) is 1.46. The van der Waals surface area contributed by atoms with E-state index in [1.54, 1.807) is 25.6 Å². The molecule has 3 rings (SSSR count). The lowest BCUT2D eigenvalue weighted by atomic mass is 10.0. The van der Waals surface area contributed by atoms with Gasteiger partial charge in [-0.25, -0.2) is 13.2 Å². The summed E-state index contributed by atoms with van der Waals surface area (Å²) >= 11 is 5.43. The lowest BCUT2D eigenvalue weighted by Crippen LogP contribution is -2.39. The maximum atomic E-state index is 14.2. The molecule has 1 amide bonds. The van der Waals surface area contributed by atoms with Gasteiger partial charge in [-0.3, -0.25) is 9.78 Å². The number of thiocarbonyl (C=S) groups is 1. The van der Waals surface area contributed by atoms with Gasteiger partial charge in [-0.1, -0.05) is 18.3 Å². The number of amides is 1. The smallest absolute Gasteiger partial charge is 0.256 e. The van der Waals surface area contributed by atoms with E-state index >= 15 is 0 Å². The highest BCUT2D eigenvalue weighted by molar-refractivity contribution is 7.81. The van der Waals surface area contributed by atoms with E-state index in [4.69, 9.17) is 21.7 Å². The zero-order valence-electron chi connectivity index (χ0n) is 18.5. The Balaban J connectivity index is 1.81. The Morgan fingerprint density at radius 3 is 2.88 bits per heavy atom. The first kappa shape index (κ1) is 25.4. The van der Waals surface area contributed by atoms with E-state index in [0.29, 0.717) is 44.2 Å². The summed E-state index contributed by atoms with van der Waals surface area (Å²) in [6, 6.07) is 5.73. The third-order valence-electron chi connectivity index (χ3n) is 5.05. The van der Waals surface area contributed by atoms with Crippen LogP contribution < -0.4 is 20.7 Å². The molecule has 0 spiro atoms. The number of nitrogens with one attached hydrogen (secondary N) is 3. The first-order valence-corrected chi connectivity index (χ1v) is 11.0. The van der Waals surface area contributed by atoms with Crippen molar-refractivity contribution >= 4 is 28.8 Å². The lowest BCUT2D eigenvalue weighted by molar-refractivity contribution is -0.117. The zero-order chi connectivity index (χ0) is 24.5. The summed E-state index contributed by atoms with van der Waals surface area (Å²) in [6.45, 7) is 1.51. The summed E-state index contributed by atoms with van der Waals surface area (Å²) in [7, 11) is 1.58. The summed E-state index contributed by atoms with van der Waals surface area (Å²) in [5.74, 6) is -0.608. The molecule has 0 saturated carbocycles. The summed E-state index contributed by atoms with van der Waals surface area (Å²) in [5, 5.41) is 8.74. The number of ether oxygens (including phenoxy) is 2. The average Bonchev–Trinajstić information content (AvgIpc) is 2.80. The van der Waals surface area contributed by atoms with Gasteiger partial charge >= 0.3 is 0 Å². The van der Waals surface area contributed by atoms with E-state index in [1.165, 1.54) is 12.1 Å². The topological polar surface area (TPSA) is 84.5 Å². The predicted molar refractivity (Wildman–Crippen MR) is 125 cm³/mol. The largest absolute Gasteiger partial charge is 0.489 e. The number of hydrogen-bond donors (Lipinski definition) is 3. The van der Waals surface area contributed by atoms with Crippen molar-refractivity contribution in [3.05, 3.63) is 64.9 Å². The third kappa shape index (κ3) is 6.67. The molecule has 1 aliphatic rings. The molecule has 11 heteroatoms. The number of nitrogens with zero attached hydrogens (tertiary/aromatic N) is 1. The Morgan fingerprint density at radius 1 is 1.29 bits per heavy atom. The molecule has 0 fully saturated rings. The zero-order valence-corrected chi connectivity index (χ0v) is 19.3. The van der Waals surface area contributed by atoms with E-state index < -0.39 is 24.6 Å². The number of halogens is 3. The quantitative estimate of drug-likeness (QED) is 0.326. The molecule has 0 bridgehead atoms. The van der Waals surface area contributed by atoms with Crippen molar-refractivity contribution in [3.8, 4) is 5.75 Å². The normalized spacial score (nSPS) is 13.6. The Kier molecular flexibility index (Phi) is 9.23. The predicted octanol–water partition coefficient (Wildman–Crippen LogP) is 3.36. The standard InChI is InChI=1S/C23H25F3N4O3S/c1-32-9-10-33-19-13-27-7-5-14(19)12-29-18-6-8-28-22(31)21(18)23(34)30-17-4-2-3-16(24)15(17)11-20(25)26/h2-5,7,13,20,29H,6,8-12H2,1H3,(H,28,31)(H,30,34). The van der Waals surface area contributed by atoms with E-state index in [1.807, 2.05) is 0 Å². The maximum Gasteiger partial charge on any atom is 0.256 e. The molecular weight excluding hydrogens is 469 g/mol. The average molecular weight is 495 g/mol. The molecule has 1 aromatic carbocycles. The van der Waals surface area contributed by atoms with Crippen molar-refractivity contribution in [1.29, 1.82) is 0 Å². The van der Waals surface area contributed by atoms with Crippen LogP contribution >= 0.6 is 12.2 Å². The Labute approximate surface area is 200 Å². The van der Waals surface area contributed by atoms with Gasteiger partial charge in [-0.05, 0) is 18.2 Å². The van der Waals surface area contributed by atoms with E-state index in [-0.39, 0.29) is 21.8 Å². The van der Waals surface area contributed by atoms with Crippen LogP contribution in [0.5, 0.6) is 5.75 Å². The van der Waals surface area contributed by atoms with Crippen molar-refractivity contribution in [2.45, 2.75) is 25.8 Å². The molecule has 1 aromatic heterocycles. The molecular formula is C23H25F3N4O3S. The minimum atomic E-state index is -2.74. The van der Waals surface area contributed by atoms with Gasteiger partial charge in [0.25, 0.3) is 5.91 Å². The molecule has 7 nitrogen and oxygen atoms in total. The van der Waals surface area contributed by atoms with Gasteiger partial charge in [0.2, 0.25) is 6.43 Å². The highest BCUT2D eigenvalue weighted by atomic mass is 32.1. The molecule has 0 aliphatic carbocycles. The van der Waals surface area contributed by atoms with Crippen molar-refractivity contribution < 1.29 is 27.4 Å². The fraction of sp³-hybridized carbons (Fsp3) is 0.348. The van der Waals surface area contributed by atoms with Gasteiger partial charge in [-0.2, -0.15) is 0 Å². The van der Waals surface area contributed by atoms with Gasteiger partial charge in [0.15, 0.2) is 0 Å². The van der Waals surface area contributed by atoms with Gasteiger partial charge in [0, 0.05) is 61.7 Å². The molecule has 182 valence electrons. The van der Waals surface area contributed by atoms with Crippen molar-refractivity contribution in [2.24, 2.45) is 0 Å². The van der Waals surface area contributed by atoms with Crippen LogP contribution in [0.15, 0.2) is 47.9 Å². The molecule has 0 unspecified atom stereocenters. The van der Waals surface area contributed by atoms with Crippen LogP contribution in [-0.4, -0.2) is 49.2 Å². The fourth-order valence-corrected chi connectivity index (χ4v) is 3.74. The number of carbonyl (C=O) groups is 1. The summed E-state index contributed by atoms with van der Waals surface area (Å²) in [4.78, 5) is 16.7. The number of benzene rings is 1. The number of pyridine rings is 1. The van der Waals surface area contributed by atoms with Gasteiger partial charge in [-0.15, -0.1) is 0 Å². The van der Waals surface area contributed by atoms with Crippen LogP contribution in [0, 0.1) is 5.82 Å². The maximum absolute atomic E-state index is 14.2. The third-order valence-corrected chi connectivity index (χ3v) is 5.36. The Hall–Kier alpha value is -3.18. The Morgan fingerprint density at radius 2 is 2.12 bits per heavy atom. The molecule has 1 aliphatic heterocycles. The number of rotatable bonds is 11. The highest BCUT2D eigenvalue weighted by Gasteiger charge is 2.25. The first-order chi connectivity index (χ1) is 16.4. The number of aromatic nitrogens is 1. The van der Waals surface area contributed by atoms with Crippen LogP contribution in [0.1, 0.15) is 17.5 Å². The fourth-order valence-electron chi connectivity index (χ4n) is 3.41. The number of methoxy groups -OCH3 is 1. The highest BCUT2D eigenvalue weighted by Crippen LogP contribution is 2.24. The molecule has 0 saturated heterocycles. The van der Waals surface area contributed by atoms with Crippen LogP contribution in [0.2, 0.25) is 0 Å². The molecule has 2 aromatic rings. The molecule has 0 radical (unpaired) electrons. The second-order valence-corrected chi connectivity index (χ2v) is 7.76. The second-order valence-electron chi connectivity index (χ2n) is 7.35. The molecule has 34 heavy (non-hydrogen) atoms. The Bertz CT molecular complexity index is 1070. The lowest BCUT2D eigenvalue weighted by Gasteiger charge is -2.24. The van der Waals surface area contributed by atoms with Crippen LogP contribution in [-0.2, 0) is 22.5 Å². The summed E-state index contributed by atoms with van der Waals surface area (Å²) < 4.78 is 50.8. The van der Waals surface area contributed by atoms with Crippen molar-refractivity contribution in [3.63, 3.8) is 0 Å². The van der Waals surface area contributed by atoms with Crippen LogP contribution in [0.4, 0.5) is 18.9 Å². The number of alkyl halides is 2. The summed E-state index contributed by atoms with van der Waals surface area (Å²) in [6.07, 6.45) is 0.184. The first-order valence-electron chi connectivity index (χ1n) is 10.6. The molecule has 2 heterocycles. The van der Waals surface area contributed by atoms with Crippen molar-refractivity contribution in [2.75, 3.05) is 32.2 Å². The number of anilines is 1. The van der Waals surface area contributed by atoms with Crippen LogP contribution in [0.25, 0.3) is 0 Å². The molecule has 0 atom stereocenters. The monoisotopic (exact) mass is 494 g/mol. The SMILES string of the molecule is COCCOc1cnccc1CNC1=C(C(=S)Nc2cccc(F)c2CC(F)F)C(=O)NCC1. The minimum Gasteiger partial charge on any atom is -0.489 e. The van der Waals surface area contributed by atoms with Gasteiger partial charge < -0.3 is 25.4 Å².